The molecule has 0 bridgehead atoms. The molecule has 5 nitrogen and oxygen atoms in total. The fourth-order valence-electron chi connectivity index (χ4n) is 1.63. The molecule has 0 spiro atoms. The molecule has 19 heavy (non-hydrogen) atoms. The number of methoxy groups -OCH3 is 1. The second kappa shape index (κ2) is 5.48. The summed E-state index contributed by atoms with van der Waals surface area (Å²) in [5.74, 6) is 1.36. The minimum absolute atomic E-state index is 0.375. The lowest BCUT2D eigenvalue weighted by atomic mass is 10.2. The zero-order valence-corrected chi connectivity index (χ0v) is 11.0. The largest absolute Gasteiger partial charge is 0.465 e. The lowest BCUT2D eigenvalue weighted by Gasteiger charge is -2.06. The maximum atomic E-state index is 11.3. The summed E-state index contributed by atoms with van der Waals surface area (Å²) in [5.41, 5.74) is 1.32. The molecule has 0 aliphatic carbocycles. The number of esters is 1. The topological polar surface area (TPSA) is 61.3 Å². The minimum atomic E-state index is -0.375. The van der Waals surface area contributed by atoms with Gasteiger partial charge < -0.3 is 9.47 Å². The van der Waals surface area contributed by atoms with E-state index in [0.29, 0.717) is 23.0 Å². The van der Waals surface area contributed by atoms with Crippen LogP contribution in [0.4, 0.5) is 0 Å². The number of aryl methyl sites for hydroxylation is 2. The molecule has 0 saturated heterocycles. The van der Waals surface area contributed by atoms with Crippen LogP contribution in [0.3, 0.4) is 0 Å². The number of carbonyl (C=O) groups is 1. The van der Waals surface area contributed by atoms with Crippen LogP contribution >= 0.6 is 0 Å². The minimum Gasteiger partial charge on any atom is -0.465 e. The van der Waals surface area contributed by atoms with Crippen molar-refractivity contribution in [2.75, 3.05) is 7.11 Å². The van der Waals surface area contributed by atoms with E-state index in [0.717, 1.165) is 5.69 Å². The van der Waals surface area contributed by atoms with E-state index in [4.69, 9.17) is 4.74 Å². The number of benzene rings is 1. The van der Waals surface area contributed by atoms with Gasteiger partial charge in [-0.15, -0.1) is 0 Å². The smallest absolute Gasteiger partial charge is 0.337 e. The van der Waals surface area contributed by atoms with Crippen LogP contribution in [0.5, 0.6) is 11.6 Å². The first-order chi connectivity index (χ1) is 9.08. The van der Waals surface area contributed by atoms with E-state index < -0.39 is 0 Å². The Morgan fingerprint density at radius 3 is 2.37 bits per heavy atom. The molecule has 5 heteroatoms. The van der Waals surface area contributed by atoms with Gasteiger partial charge in [-0.2, -0.15) is 4.98 Å². The summed E-state index contributed by atoms with van der Waals surface area (Å²) in [6.45, 7) is 3.68. The van der Waals surface area contributed by atoms with Gasteiger partial charge in [0.15, 0.2) is 0 Å². The van der Waals surface area contributed by atoms with E-state index in [1.54, 1.807) is 37.3 Å². The molecule has 0 saturated carbocycles. The van der Waals surface area contributed by atoms with E-state index in [1.807, 2.05) is 6.92 Å². The first-order valence-electron chi connectivity index (χ1n) is 5.77. The van der Waals surface area contributed by atoms with Crippen LogP contribution in [0.25, 0.3) is 0 Å². The van der Waals surface area contributed by atoms with Crippen molar-refractivity contribution in [2.24, 2.45) is 0 Å². The van der Waals surface area contributed by atoms with E-state index in [1.165, 1.54) is 7.11 Å². The first kappa shape index (κ1) is 13.0. The van der Waals surface area contributed by atoms with Crippen LogP contribution in [0.1, 0.15) is 21.9 Å². The standard InChI is InChI=1S/C14H14N2O3/c1-9-8-13(16-10(2)15-9)19-12-6-4-11(5-7-12)14(17)18-3/h4-8H,1-3H3. The maximum absolute atomic E-state index is 11.3. The van der Waals surface area contributed by atoms with Crippen molar-refractivity contribution in [3.63, 3.8) is 0 Å². The number of hydrogen-bond donors (Lipinski definition) is 0. The van der Waals surface area contributed by atoms with Gasteiger partial charge >= 0.3 is 5.97 Å². The monoisotopic (exact) mass is 258 g/mol. The third kappa shape index (κ3) is 3.28. The average molecular weight is 258 g/mol. The number of ether oxygens (including phenoxy) is 2. The Morgan fingerprint density at radius 2 is 1.79 bits per heavy atom. The molecule has 98 valence electrons. The summed E-state index contributed by atoms with van der Waals surface area (Å²) in [4.78, 5) is 19.6. The van der Waals surface area contributed by atoms with Gasteiger partial charge in [-0.25, -0.2) is 9.78 Å². The summed E-state index contributed by atoms with van der Waals surface area (Å²) in [7, 11) is 1.35. The molecule has 0 radical (unpaired) electrons. The predicted molar refractivity (Wildman–Crippen MR) is 69.4 cm³/mol. The molecular weight excluding hydrogens is 244 g/mol. The molecule has 0 unspecified atom stereocenters. The van der Waals surface area contributed by atoms with Gasteiger partial charge in [0.05, 0.1) is 12.7 Å². The molecule has 0 aliphatic heterocycles. The van der Waals surface area contributed by atoms with E-state index in [9.17, 15) is 4.79 Å². The fraction of sp³-hybridized carbons (Fsp3) is 0.214. The summed E-state index contributed by atoms with van der Waals surface area (Å²) in [5, 5.41) is 0. The highest BCUT2D eigenvalue weighted by Gasteiger charge is 2.06. The third-order valence-electron chi connectivity index (χ3n) is 2.44. The molecule has 0 amide bonds. The molecule has 1 aromatic carbocycles. The number of nitrogens with zero attached hydrogens (tertiary/aromatic N) is 2. The highest BCUT2D eigenvalue weighted by Crippen LogP contribution is 2.20. The second-order valence-electron chi connectivity index (χ2n) is 4.01. The zero-order valence-electron chi connectivity index (χ0n) is 11.0. The van der Waals surface area contributed by atoms with Gasteiger partial charge in [-0.1, -0.05) is 0 Å². The molecule has 0 fully saturated rings. The molecule has 1 aromatic heterocycles. The Morgan fingerprint density at radius 1 is 1.11 bits per heavy atom. The Labute approximate surface area is 111 Å². The van der Waals surface area contributed by atoms with Crippen molar-refractivity contribution < 1.29 is 14.3 Å². The van der Waals surface area contributed by atoms with Crippen LogP contribution in [0, 0.1) is 13.8 Å². The average Bonchev–Trinajstić information content (AvgIpc) is 2.37. The van der Waals surface area contributed by atoms with Crippen molar-refractivity contribution in [3.05, 3.63) is 47.4 Å². The normalized spacial score (nSPS) is 10.1. The Kier molecular flexibility index (Phi) is 3.75. The van der Waals surface area contributed by atoms with Gasteiger partial charge in [0.25, 0.3) is 0 Å². The van der Waals surface area contributed by atoms with Crippen LogP contribution in [0.2, 0.25) is 0 Å². The Bertz CT molecular complexity index is 574. The van der Waals surface area contributed by atoms with Gasteiger partial charge in [-0.3, -0.25) is 0 Å². The molecule has 2 rings (SSSR count). The molecular formula is C14H14N2O3. The molecule has 0 aliphatic rings. The SMILES string of the molecule is COC(=O)c1ccc(Oc2cc(C)nc(C)n2)cc1. The number of rotatable bonds is 3. The quantitative estimate of drug-likeness (QED) is 0.792. The molecule has 1 heterocycles. The number of aromatic nitrogens is 2. The van der Waals surface area contributed by atoms with Gasteiger partial charge in [0.2, 0.25) is 5.88 Å². The highest BCUT2D eigenvalue weighted by molar-refractivity contribution is 5.89. The van der Waals surface area contributed by atoms with Gasteiger partial charge in [0.1, 0.15) is 11.6 Å². The van der Waals surface area contributed by atoms with Crippen molar-refractivity contribution in [2.45, 2.75) is 13.8 Å². The van der Waals surface area contributed by atoms with E-state index >= 15 is 0 Å². The summed E-state index contributed by atoms with van der Waals surface area (Å²) >= 11 is 0. The van der Waals surface area contributed by atoms with Crippen molar-refractivity contribution in [3.8, 4) is 11.6 Å². The lowest BCUT2D eigenvalue weighted by molar-refractivity contribution is 0.0600. The summed E-state index contributed by atoms with van der Waals surface area (Å²) in [6.07, 6.45) is 0. The lowest BCUT2D eigenvalue weighted by Crippen LogP contribution is -2.00. The van der Waals surface area contributed by atoms with Crippen LogP contribution in [-0.2, 0) is 4.74 Å². The van der Waals surface area contributed by atoms with Crippen LogP contribution in [-0.4, -0.2) is 23.0 Å². The Balaban J connectivity index is 2.17. The first-order valence-corrected chi connectivity index (χ1v) is 5.77. The van der Waals surface area contributed by atoms with Gasteiger partial charge in [0, 0.05) is 11.8 Å². The zero-order chi connectivity index (χ0) is 13.8. The fourth-order valence-corrected chi connectivity index (χ4v) is 1.63. The highest BCUT2D eigenvalue weighted by atomic mass is 16.5. The van der Waals surface area contributed by atoms with Crippen molar-refractivity contribution in [1.82, 2.24) is 9.97 Å². The number of carbonyl (C=O) groups excluding carboxylic acids is 1. The van der Waals surface area contributed by atoms with Crippen molar-refractivity contribution in [1.29, 1.82) is 0 Å². The van der Waals surface area contributed by atoms with Gasteiger partial charge in [-0.05, 0) is 38.1 Å². The molecule has 2 aromatic rings. The third-order valence-corrected chi connectivity index (χ3v) is 2.44. The predicted octanol–water partition coefficient (Wildman–Crippen LogP) is 2.67. The number of hydrogen-bond acceptors (Lipinski definition) is 5. The Hall–Kier alpha value is -2.43. The van der Waals surface area contributed by atoms with Crippen LogP contribution < -0.4 is 4.74 Å². The maximum Gasteiger partial charge on any atom is 0.337 e. The molecule has 0 N–H and O–H groups in total. The second-order valence-corrected chi connectivity index (χ2v) is 4.01. The summed E-state index contributed by atoms with van der Waals surface area (Å²) < 4.78 is 10.2. The van der Waals surface area contributed by atoms with Crippen molar-refractivity contribution >= 4 is 5.97 Å². The summed E-state index contributed by atoms with van der Waals surface area (Å²) in [6, 6.07) is 8.42. The molecule has 0 atom stereocenters. The van der Waals surface area contributed by atoms with Crippen LogP contribution in [0.15, 0.2) is 30.3 Å². The van der Waals surface area contributed by atoms with E-state index in [2.05, 4.69) is 14.7 Å². The van der Waals surface area contributed by atoms with E-state index in [-0.39, 0.29) is 5.97 Å².